The predicted molar refractivity (Wildman–Crippen MR) is 109 cm³/mol. The first-order valence-corrected chi connectivity index (χ1v) is 9.45. The van der Waals surface area contributed by atoms with Gasteiger partial charge in [0.25, 0.3) is 5.91 Å². The van der Waals surface area contributed by atoms with E-state index in [1.165, 1.54) is 31.4 Å². The van der Waals surface area contributed by atoms with Gasteiger partial charge >= 0.3 is 0 Å². The molecule has 0 saturated carbocycles. The first-order chi connectivity index (χ1) is 12.8. The molecule has 0 unspecified atom stereocenters. The SMILES string of the molecule is O=C(Nc1ccc(N2CCCCCC2)cc1)c1cccc2ccccc12. The topological polar surface area (TPSA) is 32.3 Å². The summed E-state index contributed by atoms with van der Waals surface area (Å²) in [5.74, 6) is -0.0654. The van der Waals surface area contributed by atoms with Crippen LogP contribution in [-0.4, -0.2) is 19.0 Å². The summed E-state index contributed by atoms with van der Waals surface area (Å²) in [5.41, 5.74) is 2.79. The molecule has 132 valence electrons. The molecule has 1 amide bonds. The molecule has 1 aliphatic heterocycles. The van der Waals surface area contributed by atoms with Crippen LogP contribution in [0.25, 0.3) is 10.8 Å². The van der Waals surface area contributed by atoms with Gasteiger partial charge in [0.2, 0.25) is 0 Å². The van der Waals surface area contributed by atoms with Crippen LogP contribution in [0.2, 0.25) is 0 Å². The molecular weight excluding hydrogens is 320 g/mol. The van der Waals surface area contributed by atoms with E-state index in [0.717, 1.165) is 29.5 Å². The van der Waals surface area contributed by atoms with Gasteiger partial charge in [-0.1, -0.05) is 49.2 Å². The standard InChI is InChI=1S/C23H24N2O/c26-23(22-11-7-9-18-8-3-4-10-21(18)22)24-19-12-14-20(15-13-19)25-16-5-1-2-6-17-25/h3-4,7-15H,1-2,5-6,16-17H2,(H,24,26). The Balaban J connectivity index is 1.50. The van der Waals surface area contributed by atoms with Gasteiger partial charge in [-0.25, -0.2) is 0 Å². The van der Waals surface area contributed by atoms with E-state index in [1.54, 1.807) is 0 Å². The van der Waals surface area contributed by atoms with E-state index < -0.39 is 0 Å². The number of fused-ring (bicyclic) bond motifs is 1. The molecule has 0 aliphatic carbocycles. The van der Waals surface area contributed by atoms with Gasteiger partial charge in [0.05, 0.1) is 0 Å². The van der Waals surface area contributed by atoms with E-state index in [9.17, 15) is 4.79 Å². The Morgan fingerprint density at radius 3 is 2.23 bits per heavy atom. The van der Waals surface area contributed by atoms with Crippen molar-refractivity contribution in [1.82, 2.24) is 0 Å². The normalized spacial score (nSPS) is 14.8. The highest BCUT2D eigenvalue weighted by molar-refractivity contribution is 6.12. The van der Waals surface area contributed by atoms with Gasteiger partial charge in [0, 0.05) is 30.0 Å². The quantitative estimate of drug-likeness (QED) is 0.683. The van der Waals surface area contributed by atoms with Crippen molar-refractivity contribution in [2.75, 3.05) is 23.3 Å². The maximum atomic E-state index is 12.7. The highest BCUT2D eigenvalue weighted by Gasteiger charge is 2.12. The Bertz CT molecular complexity index is 888. The Kier molecular flexibility index (Phi) is 4.87. The summed E-state index contributed by atoms with van der Waals surface area (Å²) in [6.07, 6.45) is 5.19. The van der Waals surface area contributed by atoms with Crippen molar-refractivity contribution in [1.29, 1.82) is 0 Å². The van der Waals surface area contributed by atoms with Gasteiger partial charge < -0.3 is 10.2 Å². The molecule has 3 aromatic rings. The summed E-state index contributed by atoms with van der Waals surface area (Å²) in [7, 11) is 0. The molecule has 4 rings (SSSR count). The second-order valence-corrected chi connectivity index (χ2v) is 6.93. The van der Waals surface area contributed by atoms with Crippen LogP contribution in [0.5, 0.6) is 0 Å². The zero-order chi connectivity index (χ0) is 17.8. The number of nitrogens with one attached hydrogen (secondary N) is 1. The summed E-state index contributed by atoms with van der Waals surface area (Å²) in [4.78, 5) is 15.2. The number of anilines is 2. The zero-order valence-corrected chi connectivity index (χ0v) is 14.9. The monoisotopic (exact) mass is 344 g/mol. The van der Waals surface area contributed by atoms with E-state index in [-0.39, 0.29) is 5.91 Å². The Morgan fingerprint density at radius 1 is 0.769 bits per heavy atom. The van der Waals surface area contributed by atoms with Crippen LogP contribution in [0.4, 0.5) is 11.4 Å². The summed E-state index contributed by atoms with van der Waals surface area (Å²) in [6.45, 7) is 2.25. The minimum Gasteiger partial charge on any atom is -0.372 e. The Morgan fingerprint density at radius 2 is 1.46 bits per heavy atom. The van der Waals surface area contributed by atoms with Gasteiger partial charge in [-0.15, -0.1) is 0 Å². The average Bonchev–Trinajstić information content (AvgIpc) is 2.97. The van der Waals surface area contributed by atoms with E-state index >= 15 is 0 Å². The first kappa shape index (κ1) is 16.6. The fraction of sp³-hybridized carbons (Fsp3) is 0.261. The van der Waals surface area contributed by atoms with Gasteiger partial charge in [-0.3, -0.25) is 4.79 Å². The second kappa shape index (κ2) is 7.61. The fourth-order valence-electron chi connectivity index (χ4n) is 3.71. The zero-order valence-electron chi connectivity index (χ0n) is 14.9. The number of carbonyl (C=O) groups excluding carboxylic acids is 1. The third-order valence-corrected chi connectivity index (χ3v) is 5.13. The highest BCUT2D eigenvalue weighted by atomic mass is 16.1. The van der Waals surface area contributed by atoms with Gasteiger partial charge in [-0.05, 0) is 53.9 Å². The number of amides is 1. The largest absolute Gasteiger partial charge is 0.372 e. The van der Waals surface area contributed by atoms with Crippen LogP contribution in [0, 0.1) is 0 Å². The third-order valence-electron chi connectivity index (χ3n) is 5.13. The van der Waals surface area contributed by atoms with Gasteiger partial charge in [-0.2, -0.15) is 0 Å². The molecule has 3 heteroatoms. The average molecular weight is 344 g/mol. The molecule has 26 heavy (non-hydrogen) atoms. The minimum atomic E-state index is -0.0654. The molecule has 1 N–H and O–H groups in total. The molecule has 0 radical (unpaired) electrons. The molecular formula is C23H24N2O. The van der Waals surface area contributed by atoms with Crippen molar-refractivity contribution in [3.05, 3.63) is 72.3 Å². The molecule has 3 nitrogen and oxygen atoms in total. The van der Waals surface area contributed by atoms with Crippen LogP contribution in [0.15, 0.2) is 66.7 Å². The van der Waals surface area contributed by atoms with Crippen molar-refractivity contribution >= 4 is 28.1 Å². The molecule has 1 heterocycles. The summed E-state index contributed by atoms with van der Waals surface area (Å²) < 4.78 is 0. The highest BCUT2D eigenvalue weighted by Crippen LogP contribution is 2.23. The van der Waals surface area contributed by atoms with Crippen molar-refractivity contribution in [2.24, 2.45) is 0 Å². The van der Waals surface area contributed by atoms with Crippen molar-refractivity contribution < 1.29 is 4.79 Å². The van der Waals surface area contributed by atoms with Crippen molar-refractivity contribution in [3.63, 3.8) is 0 Å². The summed E-state index contributed by atoms with van der Waals surface area (Å²) in [6, 6.07) is 22.1. The fourth-order valence-corrected chi connectivity index (χ4v) is 3.71. The van der Waals surface area contributed by atoms with E-state index in [4.69, 9.17) is 0 Å². The second-order valence-electron chi connectivity index (χ2n) is 6.93. The van der Waals surface area contributed by atoms with Crippen LogP contribution in [0.3, 0.4) is 0 Å². The molecule has 0 atom stereocenters. The van der Waals surface area contributed by atoms with E-state index in [0.29, 0.717) is 5.56 Å². The van der Waals surface area contributed by atoms with E-state index in [1.807, 2.05) is 54.6 Å². The number of rotatable bonds is 3. The molecule has 1 fully saturated rings. The lowest BCUT2D eigenvalue weighted by Crippen LogP contribution is -2.23. The maximum absolute atomic E-state index is 12.7. The van der Waals surface area contributed by atoms with Crippen LogP contribution in [-0.2, 0) is 0 Å². The Hall–Kier alpha value is -2.81. The number of nitrogens with zero attached hydrogens (tertiary/aromatic N) is 1. The minimum absolute atomic E-state index is 0.0654. The smallest absolute Gasteiger partial charge is 0.256 e. The molecule has 0 aromatic heterocycles. The van der Waals surface area contributed by atoms with Crippen molar-refractivity contribution in [3.8, 4) is 0 Å². The third kappa shape index (κ3) is 3.57. The molecule has 1 aliphatic rings. The van der Waals surface area contributed by atoms with Gasteiger partial charge in [0.1, 0.15) is 0 Å². The number of hydrogen-bond donors (Lipinski definition) is 1. The molecule has 3 aromatic carbocycles. The number of hydrogen-bond acceptors (Lipinski definition) is 2. The van der Waals surface area contributed by atoms with E-state index in [2.05, 4.69) is 22.3 Å². The van der Waals surface area contributed by atoms with Crippen LogP contribution < -0.4 is 10.2 Å². The number of carbonyl (C=O) groups is 1. The lowest BCUT2D eigenvalue weighted by atomic mass is 10.0. The molecule has 0 spiro atoms. The summed E-state index contributed by atoms with van der Waals surface area (Å²) >= 11 is 0. The molecule has 0 bridgehead atoms. The lowest BCUT2D eigenvalue weighted by Gasteiger charge is -2.22. The summed E-state index contributed by atoms with van der Waals surface area (Å²) in [5, 5.41) is 5.10. The van der Waals surface area contributed by atoms with Gasteiger partial charge in [0.15, 0.2) is 0 Å². The molecule has 1 saturated heterocycles. The first-order valence-electron chi connectivity index (χ1n) is 9.45. The van der Waals surface area contributed by atoms with Crippen molar-refractivity contribution in [2.45, 2.75) is 25.7 Å². The van der Waals surface area contributed by atoms with Crippen LogP contribution >= 0.6 is 0 Å². The maximum Gasteiger partial charge on any atom is 0.256 e. The van der Waals surface area contributed by atoms with Crippen LogP contribution in [0.1, 0.15) is 36.0 Å². The predicted octanol–water partition coefficient (Wildman–Crippen LogP) is 5.47. The Labute approximate surface area is 154 Å². The lowest BCUT2D eigenvalue weighted by molar-refractivity contribution is 0.102. The number of benzene rings is 3.